The number of rotatable bonds is 6. The van der Waals surface area contributed by atoms with Crippen molar-refractivity contribution in [1.82, 2.24) is 10.2 Å². The van der Waals surface area contributed by atoms with Gasteiger partial charge in [-0.25, -0.2) is 0 Å². The van der Waals surface area contributed by atoms with Gasteiger partial charge < -0.3 is 14.8 Å². The van der Waals surface area contributed by atoms with Gasteiger partial charge in [0, 0.05) is 25.7 Å². The zero-order valence-electron chi connectivity index (χ0n) is 11.1. The molecule has 5 nitrogen and oxygen atoms in total. The molecule has 100 valence electrons. The van der Waals surface area contributed by atoms with Gasteiger partial charge in [0.25, 0.3) is 0 Å². The SMILES string of the molecule is CCC(NC(C)CN1CCOCC1)C(=O)OC. The Morgan fingerprint density at radius 2 is 2.12 bits per heavy atom. The molecule has 1 aliphatic rings. The summed E-state index contributed by atoms with van der Waals surface area (Å²) in [5.41, 5.74) is 0. The Morgan fingerprint density at radius 1 is 1.47 bits per heavy atom. The molecule has 1 N–H and O–H groups in total. The molecule has 0 amide bonds. The minimum Gasteiger partial charge on any atom is -0.468 e. The fraction of sp³-hybridized carbons (Fsp3) is 0.917. The van der Waals surface area contributed by atoms with E-state index in [9.17, 15) is 4.79 Å². The smallest absolute Gasteiger partial charge is 0.322 e. The van der Waals surface area contributed by atoms with Crippen LogP contribution in [0.2, 0.25) is 0 Å². The van der Waals surface area contributed by atoms with E-state index in [4.69, 9.17) is 9.47 Å². The molecule has 0 aromatic rings. The molecule has 5 heteroatoms. The Labute approximate surface area is 103 Å². The molecule has 0 spiro atoms. The van der Waals surface area contributed by atoms with Crippen LogP contribution < -0.4 is 5.32 Å². The first kappa shape index (κ1) is 14.4. The van der Waals surface area contributed by atoms with Crippen LogP contribution in [-0.2, 0) is 14.3 Å². The first-order valence-corrected chi connectivity index (χ1v) is 6.31. The summed E-state index contributed by atoms with van der Waals surface area (Å²) in [6, 6.07) is 0.0770. The molecule has 1 rings (SSSR count). The van der Waals surface area contributed by atoms with Gasteiger partial charge in [0.05, 0.1) is 20.3 Å². The van der Waals surface area contributed by atoms with Gasteiger partial charge in [0.2, 0.25) is 0 Å². The van der Waals surface area contributed by atoms with Crippen molar-refractivity contribution in [2.75, 3.05) is 40.0 Å². The molecule has 0 saturated carbocycles. The molecular formula is C12H24N2O3. The molecule has 1 fully saturated rings. The maximum atomic E-state index is 11.5. The highest BCUT2D eigenvalue weighted by Gasteiger charge is 2.20. The van der Waals surface area contributed by atoms with Crippen molar-refractivity contribution >= 4 is 5.97 Å². The summed E-state index contributed by atoms with van der Waals surface area (Å²) in [6.07, 6.45) is 0.750. The van der Waals surface area contributed by atoms with Crippen molar-refractivity contribution in [3.8, 4) is 0 Å². The fourth-order valence-corrected chi connectivity index (χ4v) is 2.06. The Hall–Kier alpha value is -0.650. The number of methoxy groups -OCH3 is 1. The van der Waals surface area contributed by atoms with E-state index in [1.807, 2.05) is 6.92 Å². The third-order valence-corrected chi connectivity index (χ3v) is 3.02. The number of hydrogen-bond donors (Lipinski definition) is 1. The van der Waals surface area contributed by atoms with Gasteiger partial charge in [0.1, 0.15) is 6.04 Å². The largest absolute Gasteiger partial charge is 0.468 e. The Morgan fingerprint density at radius 3 is 2.65 bits per heavy atom. The highest BCUT2D eigenvalue weighted by Crippen LogP contribution is 2.01. The summed E-state index contributed by atoms with van der Waals surface area (Å²) in [7, 11) is 1.43. The summed E-state index contributed by atoms with van der Waals surface area (Å²) in [6.45, 7) is 8.58. The molecule has 17 heavy (non-hydrogen) atoms. The molecule has 2 unspecified atom stereocenters. The maximum Gasteiger partial charge on any atom is 0.322 e. The quantitative estimate of drug-likeness (QED) is 0.679. The fourth-order valence-electron chi connectivity index (χ4n) is 2.06. The summed E-state index contributed by atoms with van der Waals surface area (Å²) in [5.74, 6) is -0.179. The van der Waals surface area contributed by atoms with Crippen LogP contribution in [0.4, 0.5) is 0 Å². The van der Waals surface area contributed by atoms with E-state index in [1.165, 1.54) is 7.11 Å². The highest BCUT2D eigenvalue weighted by molar-refractivity contribution is 5.75. The van der Waals surface area contributed by atoms with Crippen LogP contribution in [0, 0.1) is 0 Å². The van der Waals surface area contributed by atoms with Crippen LogP contribution in [0.1, 0.15) is 20.3 Å². The zero-order valence-corrected chi connectivity index (χ0v) is 11.1. The summed E-state index contributed by atoms with van der Waals surface area (Å²) < 4.78 is 10.1. The molecule has 0 aromatic carbocycles. The normalized spacial score (nSPS) is 20.9. The van der Waals surface area contributed by atoms with Crippen LogP contribution >= 0.6 is 0 Å². The average Bonchev–Trinajstić information content (AvgIpc) is 2.36. The standard InChI is InChI=1S/C12H24N2O3/c1-4-11(12(15)16-3)13-10(2)9-14-5-7-17-8-6-14/h10-11,13H,4-9H2,1-3H3. The Kier molecular flexibility index (Phi) is 6.47. The lowest BCUT2D eigenvalue weighted by Gasteiger charge is -2.30. The third kappa shape index (κ3) is 5.02. The van der Waals surface area contributed by atoms with E-state index >= 15 is 0 Å². The molecule has 0 aromatic heterocycles. The van der Waals surface area contributed by atoms with E-state index in [1.54, 1.807) is 0 Å². The Bertz CT molecular complexity index is 230. The van der Waals surface area contributed by atoms with Crippen LogP contribution in [0.15, 0.2) is 0 Å². The number of nitrogens with zero attached hydrogens (tertiary/aromatic N) is 1. The lowest BCUT2D eigenvalue weighted by Crippen LogP contribution is -2.49. The van der Waals surface area contributed by atoms with E-state index in [-0.39, 0.29) is 18.1 Å². The van der Waals surface area contributed by atoms with Crippen molar-refractivity contribution in [2.45, 2.75) is 32.4 Å². The second-order valence-electron chi connectivity index (χ2n) is 4.46. The average molecular weight is 244 g/mol. The van der Waals surface area contributed by atoms with E-state index < -0.39 is 0 Å². The molecule has 0 aliphatic carbocycles. The number of morpholine rings is 1. The number of esters is 1. The molecule has 2 atom stereocenters. The van der Waals surface area contributed by atoms with Crippen molar-refractivity contribution in [3.05, 3.63) is 0 Å². The van der Waals surface area contributed by atoms with Crippen LogP contribution in [0.25, 0.3) is 0 Å². The number of ether oxygens (including phenoxy) is 2. The van der Waals surface area contributed by atoms with E-state index in [0.717, 1.165) is 39.3 Å². The predicted octanol–water partition coefficient (Wildman–Crippen LogP) is 0.248. The van der Waals surface area contributed by atoms with Crippen LogP contribution in [0.3, 0.4) is 0 Å². The maximum absolute atomic E-state index is 11.5. The van der Waals surface area contributed by atoms with Crippen LogP contribution in [-0.4, -0.2) is 62.9 Å². The number of carbonyl (C=O) groups excluding carboxylic acids is 1. The molecule has 1 aliphatic heterocycles. The van der Waals surface area contributed by atoms with Gasteiger partial charge in [0.15, 0.2) is 0 Å². The van der Waals surface area contributed by atoms with Gasteiger partial charge in [-0.3, -0.25) is 9.69 Å². The van der Waals surface area contributed by atoms with E-state index in [0.29, 0.717) is 0 Å². The van der Waals surface area contributed by atoms with Crippen molar-refractivity contribution in [2.24, 2.45) is 0 Å². The van der Waals surface area contributed by atoms with Crippen molar-refractivity contribution in [1.29, 1.82) is 0 Å². The molecule has 1 saturated heterocycles. The highest BCUT2D eigenvalue weighted by atomic mass is 16.5. The second kappa shape index (κ2) is 7.63. The number of nitrogens with one attached hydrogen (secondary N) is 1. The van der Waals surface area contributed by atoms with Crippen molar-refractivity contribution in [3.63, 3.8) is 0 Å². The van der Waals surface area contributed by atoms with Gasteiger partial charge in [-0.15, -0.1) is 0 Å². The van der Waals surface area contributed by atoms with E-state index in [2.05, 4.69) is 17.1 Å². The molecular weight excluding hydrogens is 220 g/mol. The van der Waals surface area contributed by atoms with Gasteiger partial charge >= 0.3 is 5.97 Å². The van der Waals surface area contributed by atoms with Gasteiger partial charge in [-0.1, -0.05) is 6.92 Å². The minimum atomic E-state index is -0.198. The van der Waals surface area contributed by atoms with Crippen molar-refractivity contribution < 1.29 is 14.3 Å². The number of hydrogen-bond acceptors (Lipinski definition) is 5. The third-order valence-electron chi connectivity index (χ3n) is 3.02. The summed E-state index contributed by atoms with van der Waals surface area (Å²) >= 11 is 0. The van der Waals surface area contributed by atoms with Gasteiger partial charge in [-0.05, 0) is 13.3 Å². The first-order chi connectivity index (χ1) is 8.17. The monoisotopic (exact) mass is 244 g/mol. The lowest BCUT2D eigenvalue weighted by molar-refractivity contribution is -0.143. The van der Waals surface area contributed by atoms with Gasteiger partial charge in [-0.2, -0.15) is 0 Å². The van der Waals surface area contributed by atoms with Crippen LogP contribution in [0.5, 0.6) is 0 Å². The Balaban J connectivity index is 2.30. The zero-order chi connectivity index (χ0) is 12.7. The summed E-state index contributed by atoms with van der Waals surface area (Å²) in [5, 5.41) is 3.31. The minimum absolute atomic E-state index is 0.179. The lowest BCUT2D eigenvalue weighted by atomic mass is 10.2. The molecule has 0 bridgehead atoms. The molecule has 0 radical (unpaired) electrons. The first-order valence-electron chi connectivity index (χ1n) is 6.31. The predicted molar refractivity (Wildman–Crippen MR) is 66.0 cm³/mol. The topological polar surface area (TPSA) is 50.8 Å². The molecule has 1 heterocycles. The number of carbonyl (C=O) groups is 1. The second-order valence-corrected chi connectivity index (χ2v) is 4.46. The summed E-state index contributed by atoms with van der Waals surface area (Å²) in [4.78, 5) is 13.8.